The first kappa shape index (κ1) is 37.1. The summed E-state index contributed by atoms with van der Waals surface area (Å²) in [6.45, 7) is -0.667. The lowest BCUT2D eigenvalue weighted by Crippen LogP contribution is -2.68. The van der Waals surface area contributed by atoms with Crippen LogP contribution in [-0.2, 0) is 23.7 Å². The Bertz CT molecular complexity index is 1060. The van der Waals surface area contributed by atoms with E-state index in [1.54, 1.807) is 0 Å². The summed E-state index contributed by atoms with van der Waals surface area (Å²) >= 11 is 0. The van der Waals surface area contributed by atoms with E-state index in [0.29, 0.717) is 0 Å². The highest BCUT2D eigenvalue weighted by Gasteiger charge is 2.60. The molecule has 3 unspecified atom stereocenters. The number of rotatable bonds is 13. The number of hydrogen-bond donors (Lipinski definition) is 14. The normalized spacial score (nSPS) is 47.7. The lowest BCUT2D eigenvalue weighted by Gasteiger charge is -2.49. The van der Waals surface area contributed by atoms with Gasteiger partial charge in [0.1, 0.15) is 54.4 Å². The van der Waals surface area contributed by atoms with E-state index in [1.165, 1.54) is 0 Å². The molecule has 4 rings (SSSR count). The number of carbonyl (C=O) groups is 1. The summed E-state index contributed by atoms with van der Waals surface area (Å²) in [5.41, 5.74) is 27.4. The molecule has 0 bridgehead atoms. The number of ketones is 1. The van der Waals surface area contributed by atoms with Crippen LogP contribution in [0.5, 0.6) is 0 Å². The Balaban J connectivity index is 1.56. The summed E-state index contributed by atoms with van der Waals surface area (Å²) in [5, 5.41) is 86.1. The van der Waals surface area contributed by atoms with Gasteiger partial charge in [-0.1, -0.05) is 0 Å². The van der Waals surface area contributed by atoms with E-state index in [-0.39, 0.29) is 44.9 Å². The van der Waals surface area contributed by atoms with Gasteiger partial charge in [-0.25, -0.2) is 4.99 Å². The van der Waals surface area contributed by atoms with Gasteiger partial charge in [-0.15, -0.1) is 0 Å². The second-order valence-electron chi connectivity index (χ2n) is 12.5. The number of aliphatic hydroxyl groups is 8. The monoisotopic (exact) mass is 667 g/mol. The first-order valence-corrected chi connectivity index (χ1v) is 15.2. The molecular weight excluding hydrogens is 618 g/mol. The third-order valence-corrected chi connectivity index (χ3v) is 9.17. The molecule has 19 N–H and O–H groups in total. The van der Waals surface area contributed by atoms with Crippen LogP contribution < -0.4 is 34.0 Å². The highest BCUT2D eigenvalue weighted by atomic mass is 16.7. The van der Waals surface area contributed by atoms with Gasteiger partial charge in [0.2, 0.25) is 0 Å². The standard InChI is InChI=1S/C26H49N7O13/c27-9-3-8(4-13(36)26(42)5-12(26)33-25(30)31)21(45-24-19(40)14(28)16(37)11(7-35)44-24)20(41)22(9)46-23-15(29)18(39)17(38)10(43-23)6-32-1-2-34/h8-12,14-24,32,34-35,37-42H,1-7,27-29H2,(H4,30,31,33)/t8-,9-,10+,11+,12?,14-,15+,16+,17+,18+,19+,20+,21-,22?,23+,24+,26?/m0/s1. The number of nitrogens with one attached hydrogen (secondary N) is 1. The Kier molecular flexibility index (Phi) is 12.3. The fraction of sp³-hybridized carbons (Fsp3) is 0.923. The largest absolute Gasteiger partial charge is 0.395 e. The van der Waals surface area contributed by atoms with Crippen LogP contribution in [0.25, 0.3) is 0 Å². The molecule has 0 aromatic heterocycles. The summed E-state index contributed by atoms with van der Waals surface area (Å²) in [6.07, 6.45) is -16.0. The molecule has 20 nitrogen and oxygen atoms in total. The fourth-order valence-corrected chi connectivity index (χ4v) is 6.30. The quantitative estimate of drug-likeness (QED) is 0.0492. The number of ether oxygens (including phenoxy) is 4. The molecule has 0 radical (unpaired) electrons. The Labute approximate surface area is 264 Å². The van der Waals surface area contributed by atoms with E-state index < -0.39 is 116 Å². The number of carbonyl (C=O) groups excluding carboxylic acids is 1. The highest BCUT2D eigenvalue weighted by Crippen LogP contribution is 2.43. The number of aliphatic hydroxyl groups excluding tert-OH is 7. The van der Waals surface area contributed by atoms with Gasteiger partial charge in [0.05, 0.1) is 37.4 Å². The zero-order valence-electron chi connectivity index (χ0n) is 25.1. The predicted octanol–water partition coefficient (Wildman–Crippen LogP) is -8.68. The van der Waals surface area contributed by atoms with Crippen molar-refractivity contribution in [2.24, 2.45) is 39.6 Å². The molecule has 0 spiro atoms. The van der Waals surface area contributed by atoms with Gasteiger partial charge in [-0.2, -0.15) is 0 Å². The molecular formula is C26H49N7O13. The lowest BCUT2D eigenvalue weighted by atomic mass is 9.76. The fourth-order valence-electron chi connectivity index (χ4n) is 6.30. The van der Waals surface area contributed by atoms with Crippen molar-refractivity contribution in [3.8, 4) is 0 Å². The zero-order chi connectivity index (χ0) is 34.1. The molecule has 2 aliphatic carbocycles. The summed E-state index contributed by atoms with van der Waals surface area (Å²) in [5.74, 6) is -1.87. The maximum atomic E-state index is 13.3. The van der Waals surface area contributed by atoms with Crippen LogP contribution in [0.4, 0.5) is 0 Å². The maximum Gasteiger partial charge on any atom is 0.186 e. The summed E-state index contributed by atoms with van der Waals surface area (Å²) in [6, 6.07) is -4.45. The van der Waals surface area contributed by atoms with Crippen LogP contribution in [0.1, 0.15) is 19.3 Å². The van der Waals surface area contributed by atoms with Crippen LogP contribution in [0.2, 0.25) is 0 Å². The molecule has 2 aliphatic heterocycles. The average Bonchev–Trinajstić information content (AvgIpc) is 3.66. The minimum atomic E-state index is -1.86. The molecule has 4 fully saturated rings. The second kappa shape index (κ2) is 15.2. The van der Waals surface area contributed by atoms with Crippen molar-refractivity contribution in [3.05, 3.63) is 0 Å². The number of aliphatic imine (C=N–C) groups is 1. The Morgan fingerprint density at radius 2 is 1.52 bits per heavy atom. The topological polar surface area (TPSA) is 370 Å². The zero-order valence-corrected chi connectivity index (χ0v) is 25.1. The van der Waals surface area contributed by atoms with Gasteiger partial charge in [0.15, 0.2) is 24.3 Å². The minimum Gasteiger partial charge on any atom is -0.395 e. The van der Waals surface area contributed by atoms with Gasteiger partial charge >= 0.3 is 0 Å². The van der Waals surface area contributed by atoms with Crippen molar-refractivity contribution in [3.63, 3.8) is 0 Å². The van der Waals surface area contributed by atoms with Crippen molar-refractivity contribution < 1.29 is 64.6 Å². The third-order valence-electron chi connectivity index (χ3n) is 9.17. The van der Waals surface area contributed by atoms with Gasteiger partial charge in [-0.3, -0.25) is 4.79 Å². The van der Waals surface area contributed by atoms with Crippen LogP contribution in [0, 0.1) is 5.92 Å². The number of hydrogen-bond acceptors (Lipinski definition) is 18. The highest BCUT2D eigenvalue weighted by molar-refractivity contribution is 5.92. The maximum absolute atomic E-state index is 13.3. The molecule has 0 amide bonds. The number of guanidine groups is 1. The number of Topliss-reactive ketones (excluding diaryl/α,β-unsaturated/α-hetero) is 1. The summed E-state index contributed by atoms with van der Waals surface area (Å²) in [7, 11) is 0. The molecule has 4 aliphatic rings. The van der Waals surface area contributed by atoms with Crippen molar-refractivity contribution in [1.29, 1.82) is 0 Å². The number of nitrogens with zero attached hydrogens (tertiary/aromatic N) is 1. The van der Waals surface area contributed by atoms with E-state index in [4.69, 9.17) is 52.7 Å². The second-order valence-corrected chi connectivity index (χ2v) is 12.5. The Hall–Kier alpha value is -1.70. The van der Waals surface area contributed by atoms with Crippen LogP contribution in [-0.4, -0.2) is 176 Å². The Morgan fingerprint density at radius 1 is 0.870 bits per heavy atom. The molecule has 2 saturated carbocycles. The molecule has 0 aromatic carbocycles. The van der Waals surface area contributed by atoms with Crippen LogP contribution in [0.15, 0.2) is 4.99 Å². The van der Waals surface area contributed by atoms with Crippen molar-refractivity contribution in [2.45, 2.75) is 117 Å². The molecule has 46 heavy (non-hydrogen) atoms. The SMILES string of the molecule is NC(N)=NC1CC1(O)C(=O)C[C@@H]1C[C@H](N)C(O[C@H]2O[C@H](CNCCO)[C@@H](O)[C@H](O)[C@H]2N)[C@H](O)[C@H]1O[C@H]1O[C@H](CO)[C@@H](O)[C@H](N)[C@H]1O. The smallest absolute Gasteiger partial charge is 0.186 e. The van der Waals surface area contributed by atoms with Crippen molar-refractivity contribution in [1.82, 2.24) is 5.32 Å². The van der Waals surface area contributed by atoms with Gasteiger partial charge in [0.25, 0.3) is 0 Å². The van der Waals surface area contributed by atoms with Crippen LogP contribution in [0.3, 0.4) is 0 Å². The van der Waals surface area contributed by atoms with Gasteiger partial charge in [-0.05, 0) is 12.3 Å². The van der Waals surface area contributed by atoms with Gasteiger partial charge in [0, 0.05) is 32.0 Å². The van der Waals surface area contributed by atoms with E-state index in [0.717, 1.165) is 0 Å². The molecule has 20 heteroatoms. The molecule has 2 heterocycles. The summed E-state index contributed by atoms with van der Waals surface area (Å²) < 4.78 is 23.4. The van der Waals surface area contributed by atoms with Crippen LogP contribution >= 0.6 is 0 Å². The molecule has 17 atom stereocenters. The van der Waals surface area contributed by atoms with Gasteiger partial charge < -0.3 is 93.8 Å². The van der Waals surface area contributed by atoms with E-state index >= 15 is 0 Å². The van der Waals surface area contributed by atoms with Crippen molar-refractivity contribution >= 4 is 11.7 Å². The van der Waals surface area contributed by atoms with E-state index in [2.05, 4.69) is 10.3 Å². The molecule has 266 valence electrons. The minimum absolute atomic E-state index is 0.0132. The molecule has 0 aromatic rings. The molecule has 2 saturated heterocycles. The third kappa shape index (κ3) is 7.78. The number of nitrogens with two attached hydrogens (primary N) is 5. The Morgan fingerprint density at radius 3 is 2.15 bits per heavy atom. The average molecular weight is 668 g/mol. The van der Waals surface area contributed by atoms with E-state index in [1.807, 2.05) is 0 Å². The predicted molar refractivity (Wildman–Crippen MR) is 155 cm³/mol. The first-order valence-electron chi connectivity index (χ1n) is 15.2. The lowest BCUT2D eigenvalue weighted by molar-refractivity contribution is -0.323. The first-order chi connectivity index (χ1) is 21.6. The van der Waals surface area contributed by atoms with Crippen molar-refractivity contribution in [2.75, 3.05) is 26.3 Å². The van der Waals surface area contributed by atoms with E-state index in [9.17, 15) is 40.5 Å². The summed E-state index contributed by atoms with van der Waals surface area (Å²) in [4.78, 5) is 17.1.